The van der Waals surface area contributed by atoms with Crippen molar-refractivity contribution in [3.63, 3.8) is 0 Å². The van der Waals surface area contributed by atoms with E-state index in [0.29, 0.717) is 22.6 Å². The molecule has 1 aliphatic rings. The quantitative estimate of drug-likeness (QED) is 0.435. The maximum absolute atomic E-state index is 12.7. The number of hydrogen-bond donors (Lipinski definition) is 1. The lowest BCUT2D eigenvalue weighted by Crippen LogP contribution is -2.42. The molecule has 1 N–H and O–H groups in total. The highest BCUT2D eigenvalue weighted by atomic mass is 35.5. The van der Waals surface area contributed by atoms with Crippen LogP contribution in [-0.4, -0.2) is 52.4 Å². The normalized spacial score (nSPS) is 14.4. The molecule has 0 spiro atoms. The van der Waals surface area contributed by atoms with Crippen LogP contribution >= 0.6 is 11.6 Å². The lowest BCUT2D eigenvalue weighted by molar-refractivity contribution is -0.132. The average molecular weight is 470 g/mol. The van der Waals surface area contributed by atoms with Gasteiger partial charge in [-0.25, -0.2) is 4.98 Å². The number of fused-ring (bicyclic) bond motifs is 1. The number of likely N-dealkylation sites (tertiary alicyclic amines) is 1. The molecule has 3 heterocycles. The van der Waals surface area contributed by atoms with Gasteiger partial charge in [-0.15, -0.1) is 0 Å². The van der Waals surface area contributed by atoms with Crippen molar-refractivity contribution < 1.29 is 4.79 Å². The van der Waals surface area contributed by atoms with Gasteiger partial charge in [0.05, 0.1) is 5.69 Å². The topological polar surface area (TPSA) is 62.5 Å². The standard InChI is InChI=1S/C26H25BClN5O/c27-21-17-29-33-24(16-23(31-26(21)33)20-8-4-5-9-22(20)28)30-19-12-14-32(15-13-19)25(34)11-10-18-6-2-1-3-7-18/h1-9,16-17,19,30H,10-15H2. The number of aromatic nitrogens is 3. The van der Waals surface area contributed by atoms with Crippen LogP contribution < -0.4 is 10.8 Å². The van der Waals surface area contributed by atoms with E-state index < -0.39 is 0 Å². The molecule has 8 heteroatoms. The number of benzene rings is 2. The number of nitrogens with one attached hydrogen (secondary N) is 1. The Balaban J connectivity index is 1.27. The third kappa shape index (κ3) is 4.80. The van der Waals surface area contributed by atoms with E-state index in [4.69, 9.17) is 24.4 Å². The predicted molar refractivity (Wildman–Crippen MR) is 137 cm³/mol. The summed E-state index contributed by atoms with van der Waals surface area (Å²) < 4.78 is 1.73. The molecule has 170 valence electrons. The number of carbonyl (C=O) groups excluding carboxylic acids is 1. The van der Waals surface area contributed by atoms with Gasteiger partial charge in [0.25, 0.3) is 0 Å². The summed E-state index contributed by atoms with van der Waals surface area (Å²) in [4.78, 5) is 19.4. The Morgan fingerprint density at radius 3 is 2.59 bits per heavy atom. The summed E-state index contributed by atoms with van der Waals surface area (Å²) in [6, 6.07) is 19.9. The van der Waals surface area contributed by atoms with E-state index in [1.54, 1.807) is 10.7 Å². The van der Waals surface area contributed by atoms with Crippen LogP contribution in [0.1, 0.15) is 24.8 Å². The summed E-state index contributed by atoms with van der Waals surface area (Å²) >= 11 is 6.43. The van der Waals surface area contributed by atoms with Crippen LogP contribution in [0.2, 0.25) is 5.02 Å². The van der Waals surface area contributed by atoms with E-state index in [2.05, 4.69) is 22.5 Å². The molecule has 1 fully saturated rings. The molecule has 5 rings (SSSR count). The van der Waals surface area contributed by atoms with Crippen molar-refractivity contribution in [2.75, 3.05) is 18.4 Å². The van der Waals surface area contributed by atoms with E-state index in [0.717, 1.165) is 49.4 Å². The largest absolute Gasteiger partial charge is 0.367 e. The zero-order chi connectivity index (χ0) is 23.5. The number of rotatable bonds is 6. The summed E-state index contributed by atoms with van der Waals surface area (Å²) in [5.41, 5.74) is 3.88. The van der Waals surface area contributed by atoms with E-state index in [1.165, 1.54) is 5.56 Å². The fourth-order valence-corrected chi connectivity index (χ4v) is 4.66. The second-order valence-corrected chi connectivity index (χ2v) is 9.03. The molecule has 1 saturated heterocycles. The van der Waals surface area contributed by atoms with Gasteiger partial charge in [-0.2, -0.15) is 9.61 Å². The molecule has 2 aromatic heterocycles. The summed E-state index contributed by atoms with van der Waals surface area (Å²) in [5, 5.41) is 8.64. The van der Waals surface area contributed by atoms with Gasteiger partial charge in [0, 0.05) is 48.4 Å². The first kappa shape index (κ1) is 22.5. The van der Waals surface area contributed by atoms with Crippen molar-refractivity contribution in [1.82, 2.24) is 19.5 Å². The van der Waals surface area contributed by atoms with Gasteiger partial charge in [0.1, 0.15) is 13.7 Å². The molecule has 0 bridgehead atoms. The Hall–Kier alpha value is -3.32. The Morgan fingerprint density at radius 2 is 1.82 bits per heavy atom. The van der Waals surface area contributed by atoms with Crippen LogP contribution in [0.3, 0.4) is 0 Å². The molecule has 1 amide bonds. The summed E-state index contributed by atoms with van der Waals surface area (Å²) in [6.45, 7) is 1.47. The van der Waals surface area contributed by atoms with Crippen LogP contribution in [0.15, 0.2) is 66.9 Å². The van der Waals surface area contributed by atoms with Gasteiger partial charge in [0.15, 0.2) is 5.65 Å². The molecule has 6 nitrogen and oxygen atoms in total. The maximum atomic E-state index is 12.7. The predicted octanol–water partition coefficient (Wildman–Crippen LogP) is 3.88. The Kier molecular flexibility index (Phi) is 6.54. The minimum absolute atomic E-state index is 0.216. The maximum Gasteiger partial charge on any atom is 0.222 e. The molecular formula is C26H25BClN5O. The third-order valence-electron chi connectivity index (χ3n) is 6.32. The zero-order valence-corrected chi connectivity index (χ0v) is 19.6. The van der Waals surface area contributed by atoms with Crippen LogP contribution in [0.25, 0.3) is 16.9 Å². The second kappa shape index (κ2) is 9.89. The van der Waals surface area contributed by atoms with Crippen molar-refractivity contribution in [3.8, 4) is 11.3 Å². The van der Waals surface area contributed by atoms with E-state index in [1.807, 2.05) is 53.4 Å². The lowest BCUT2D eigenvalue weighted by Gasteiger charge is -2.33. The number of nitrogens with zero attached hydrogens (tertiary/aromatic N) is 4. The first-order valence-corrected chi connectivity index (χ1v) is 11.9. The van der Waals surface area contributed by atoms with E-state index in [9.17, 15) is 4.79 Å². The van der Waals surface area contributed by atoms with Gasteiger partial charge in [-0.3, -0.25) is 4.79 Å². The van der Waals surface area contributed by atoms with E-state index in [-0.39, 0.29) is 11.9 Å². The van der Waals surface area contributed by atoms with Crippen LogP contribution in [-0.2, 0) is 11.2 Å². The van der Waals surface area contributed by atoms with Crippen LogP contribution in [0.4, 0.5) is 5.82 Å². The third-order valence-corrected chi connectivity index (χ3v) is 6.65. The molecular weight excluding hydrogens is 445 g/mol. The number of piperidine rings is 1. The van der Waals surface area contributed by atoms with E-state index >= 15 is 0 Å². The number of hydrogen-bond acceptors (Lipinski definition) is 4. The second-order valence-electron chi connectivity index (χ2n) is 8.63. The fraction of sp³-hybridized carbons (Fsp3) is 0.269. The first-order chi connectivity index (χ1) is 16.6. The fourth-order valence-electron chi connectivity index (χ4n) is 4.43. The smallest absolute Gasteiger partial charge is 0.222 e. The van der Waals surface area contributed by atoms with Crippen molar-refractivity contribution in [2.45, 2.75) is 31.7 Å². The Morgan fingerprint density at radius 1 is 1.09 bits per heavy atom. The number of aryl methyl sites for hydroxylation is 1. The molecule has 4 aromatic rings. The number of halogens is 1. The minimum Gasteiger partial charge on any atom is -0.367 e. The van der Waals surface area contributed by atoms with Crippen molar-refractivity contribution in [1.29, 1.82) is 0 Å². The molecule has 0 unspecified atom stereocenters. The molecule has 1 aliphatic heterocycles. The molecule has 2 radical (unpaired) electrons. The number of amides is 1. The monoisotopic (exact) mass is 469 g/mol. The number of anilines is 1. The lowest BCUT2D eigenvalue weighted by atomic mass is 10.0. The van der Waals surface area contributed by atoms with Gasteiger partial charge in [0.2, 0.25) is 5.91 Å². The average Bonchev–Trinajstić information content (AvgIpc) is 3.25. The van der Waals surface area contributed by atoms with Crippen molar-refractivity contribution >= 4 is 42.3 Å². The van der Waals surface area contributed by atoms with Gasteiger partial charge >= 0.3 is 0 Å². The van der Waals surface area contributed by atoms with Crippen molar-refractivity contribution in [3.05, 3.63) is 77.4 Å². The Labute approximate surface area is 205 Å². The summed E-state index contributed by atoms with van der Waals surface area (Å²) in [7, 11) is 6.13. The van der Waals surface area contributed by atoms with Gasteiger partial charge < -0.3 is 10.2 Å². The van der Waals surface area contributed by atoms with Crippen LogP contribution in [0, 0.1) is 0 Å². The highest BCUT2D eigenvalue weighted by molar-refractivity contribution is 6.36. The Bertz CT molecular complexity index is 1300. The molecule has 2 aromatic carbocycles. The molecule has 0 saturated carbocycles. The summed E-state index contributed by atoms with van der Waals surface area (Å²) in [6.07, 6.45) is 4.65. The number of carbonyl (C=O) groups is 1. The SMILES string of the molecule is [B]c1cnn2c(NC3CCN(C(=O)CCc4ccccc4)CC3)cc(-c3ccccc3Cl)nc12. The molecule has 0 atom stereocenters. The molecule has 34 heavy (non-hydrogen) atoms. The zero-order valence-electron chi connectivity index (χ0n) is 18.8. The van der Waals surface area contributed by atoms with Crippen LogP contribution in [0.5, 0.6) is 0 Å². The van der Waals surface area contributed by atoms with Gasteiger partial charge in [-0.1, -0.05) is 60.1 Å². The van der Waals surface area contributed by atoms with Crippen molar-refractivity contribution in [2.24, 2.45) is 0 Å². The molecule has 0 aliphatic carbocycles. The summed E-state index contributed by atoms with van der Waals surface area (Å²) in [5.74, 6) is 1.03. The minimum atomic E-state index is 0.216. The highest BCUT2D eigenvalue weighted by Gasteiger charge is 2.24. The highest BCUT2D eigenvalue weighted by Crippen LogP contribution is 2.29. The first-order valence-electron chi connectivity index (χ1n) is 11.6. The van der Waals surface area contributed by atoms with Gasteiger partial charge in [-0.05, 0) is 36.4 Å².